The Morgan fingerprint density at radius 3 is 2.81 bits per heavy atom. The van der Waals surface area contributed by atoms with Crippen LogP contribution in [0.25, 0.3) is 21.3 Å². The zero-order valence-electron chi connectivity index (χ0n) is 13.3. The number of nitrogens with one attached hydrogen (secondary N) is 1. The van der Waals surface area contributed by atoms with Crippen LogP contribution in [-0.2, 0) is 0 Å². The molecule has 2 aromatic carbocycles. The van der Waals surface area contributed by atoms with E-state index in [1.54, 1.807) is 36.5 Å². The van der Waals surface area contributed by atoms with E-state index < -0.39 is 0 Å². The molecule has 3 N–H and O–H groups in total. The Balaban J connectivity index is 1.82. The molecule has 4 aromatic rings. The van der Waals surface area contributed by atoms with Crippen molar-refractivity contribution in [1.29, 1.82) is 0 Å². The first-order valence-electron chi connectivity index (χ1n) is 7.65. The van der Waals surface area contributed by atoms with Gasteiger partial charge in [0.1, 0.15) is 0 Å². The molecule has 4 rings (SSSR count). The highest BCUT2D eigenvalue weighted by Gasteiger charge is 2.15. The minimum absolute atomic E-state index is 0.289. The van der Waals surface area contributed by atoms with Gasteiger partial charge >= 0.3 is 0 Å². The average Bonchev–Trinajstić information content (AvgIpc) is 3.01. The third kappa shape index (κ3) is 3.22. The molecule has 0 fully saturated rings. The van der Waals surface area contributed by atoms with Crippen molar-refractivity contribution < 1.29 is 4.79 Å². The number of hydrogen-bond acceptors (Lipinski definition) is 6. The van der Waals surface area contributed by atoms with Crippen molar-refractivity contribution in [3.63, 3.8) is 0 Å². The molecule has 128 valence electrons. The fourth-order valence-electron chi connectivity index (χ4n) is 2.61. The lowest BCUT2D eigenvalue weighted by Crippen LogP contribution is -2.13. The highest BCUT2D eigenvalue weighted by molar-refractivity contribution is 7.22. The number of benzene rings is 2. The number of rotatable bonds is 3. The lowest BCUT2D eigenvalue weighted by atomic mass is 10.0. The molecule has 1 amide bonds. The van der Waals surface area contributed by atoms with Crippen molar-refractivity contribution in [3.05, 3.63) is 65.3 Å². The first-order chi connectivity index (χ1) is 12.6. The fraction of sp³-hybridized carbons (Fsp3) is 0. The summed E-state index contributed by atoms with van der Waals surface area (Å²) in [6.45, 7) is 0. The smallest absolute Gasteiger partial charge is 0.256 e. The number of halogens is 1. The summed E-state index contributed by atoms with van der Waals surface area (Å²) in [5, 5.41) is 11.4. The number of fused-ring (bicyclic) bond motifs is 1. The molecule has 2 heterocycles. The third-order valence-electron chi connectivity index (χ3n) is 3.72. The zero-order chi connectivity index (χ0) is 18.1. The Hall–Kier alpha value is -3.03. The maximum atomic E-state index is 12.7. The largest absolute Gasteiger partial charge is 0.375 e. The van der Waals surface area contributed by atoms with Crippen LogP contribution < -0.4 is 11.1 Å². The molecule has 0 aliphatic carbocycles. The number of carbonyl (C=O) groups excluding carboxylic acids is 1. The Kier molecular flexibility index (Phi) is 4.24. The van der Waals surface area contributed by atoms with Gasteiger partial charge in [0, 0.05) is 22.3 Å². The van der Waals surface area contributed by atoms with Gasteiger partial charge in [0.25, 0.3) is 5.91 Å². The number of anilines is 2. The minimum atomic E-state index is -0.289. The molecule has 26 heavy (non-hydrogen) atoms. The molecule has 0 aliphatic rings. The van der Waals surface area contributed by atoms with Crippen molar-refractivity contribution in [3.8, 4) is 11.1 Å². The number of amides is 1. The van der Waals surface area contributed by atoms with E-state index in [9.17, 15) is 4.79 Å². The quantitative estimate of drug-likeness (QED) is 0.553. The summed E-state index contributed by atoms with van der Waals surface area (Å²) in [6, 6.07) is 14.3. The van der Waals surface area contributed by atoms with Crippen LogP contribution in [0.4, 0.5) is 10.9 Å². The van der Waals surface area contributed by atoms with Crippen LogP contribution in [0.2, 0.25) is 5.02 Å². The van der Waals surface area contributed by atoms with Crippen molar-refractivity contribution >= 4 is 50.0 Å². The minimum Gasteiger partial charge on any atom is -0.375 e. The molecule has 0 unspecified atom stereocenters. The van der Waals surface area contributed by atoms with Crippen LogP contribution in [0.1, 0.15) is 10.4 Å². The third-order valence-corrected chi connectivity index (χ3v) is 4.79. The van der Waals surface area contributed by atoms with Gasteiger partial charge in [0.2, 0.25) is 0 Å². The highest BCUT2D eigenvalue weighted by Crippen LogP contribution is 2.35. The van der Waals surface area contributed by atoms with Crippen LogP contribution in [0.15, 0.2) is 54.7 Å². The second kappa shape index (κ2) is 6.70. The Labute approximate surface area is 157 Å². The fourth-order valence-corrected chi connectivity index (χ4v) is 3.60. The maximum Gasteiger partial charge on any atom is 0.256 e. The van der Waals surface area contributed by atoms with E-state index in [2.05, 4.69) is 20.5 Å². The molecule has 2 aromatic heterocycles. The van der Waals surface area contributed by atoms with E-state index in [-0.39, 0.29) is 5.91 Å². The highest BCUT2D eigenvalue weighted by atomic mass is 35.5. The second-order valence-electron chi connectivity index (χ2n) is 5.50. The average molecular weight is 382 g/mol. The Morgan fingerprint density at radius 1 is 1.15 bits per heavy atom. The van der Waals surface area contributed by atoms with E-state index in [4.69, 9.17) is 17.3 Å². The van der Waals surface area contributed by atoms with Crippen LogP contribution in [-0.4, -0.2) is 21.1 Å². The summed E-state index contributed by atoms with van der Waals surface area (Å²) in [7, 11) is 0. The van der Waals surface area contributed by atoms with Gasteiger partial charge in [-0.05, 0) is 42.0 Å². The number of aromatic nitrogens is 3. The van der Waals surface area contributed by atoms with Crippen molar-refractivity contribution in [2.45, 2.75) is 0 Å². The van der Waals surface area contributed by atoms with E-state index in [0.717, 1.165) is 21.3 Å². The summed E-state index contributed by atoms with van der Waals surface area (Å²) in [6.07, 6.45) is 1.54. The Bertz CT molecular complexity index is 1110. The molecule has 0 radical (unpaired) electrons. The predicted molar refractivity (Wildman–Crippen MR) is 104 cm³/mol. The lowest BCUT2D eigenvalue weighted by Gasteiger charge is -2.08. The molecule has 0 saturated carbocycles. The van der Waals surface area contributed by atoms with Crippen molar-refractivity contribution in [1.82, 2.24) is 15.2 Å². The first kappa shape index (κ1) is 16.4. The topological polar surface area (TPSA) is 93.8 Å². The molecular weight excluding hydrogens is 370 g/mol. The van der Waals surface area contributed by atoms with E-state index in [0.29, 0.717) is 21.5 Å². The van der Waals surface area contributed by atoms with Gasteiger partial charge in [0.05, 0.1) is 10.2 Å². The maximum absolute atomic E-state index is 12.7. The standard InChI is InChI=1S/C18H12ClN5OS/c19-12-4-1-3-10(7-12)13-8-11(9-14-16(13)23-18(20)26-14)17(25)22-15-5-2-6-21-24-15/h1-9H,(H2,20,23)(H,22,24,25). The monoisotopic (exact) mass is 381 g/mol. The van der Waals surface area contributed by atoms with E-state index in [1.807, 2.05) is 18.2 Å². The molecule has 6 nitrogen and oxygen atoms in total. The number of nitrogens with two attached hydrogens (primary N) is 1. The van der Waals surface area contributed by atoms with Gasteiger partial charge in [-0.2, -0.15) is 5.10 Å². The van der Waals surface area contributed by atoms with Crippen LogP contribution in [0, 0.1) is 0 Å². The SMILES string of the molecule is Nc1nc2c(-c3cccc(Cl)c3)cc(C(=O)Nc3cccnn3)cc2s1. The summed E-state index contributed by atoms with van der Waals surface area (Å²) < 4.78 is 0.823. The summed E-state index contributed by atoms with van der Waals surface area (Å²) in [5.41, 5.74) is 8.75. The van der Waals surface area contributed by atoms with Gasteiger partial charge in [-0.1, -0.05) is 35.1 Å². The Morgan fingerprint density at radius 2 is 2.04 bits per heavy atom. The van der Waals surface area contributed by atoms with Gasteiger partial charge < -0.3 is 11.1 Å². The van der Waals surface area contributed by atoms with Crippen molar-refractivity contribution in [2.75, 3.05) is 11.1 Å². The van der Waals surface area contributed by atoms with Gasteiger partial charge in [-0.15, -0.1) is 5.10 Å². The molecule has 0 spiro atoms. The normalized spacial score (nSPS) is 10.8. The predicted octanol–water partition coefficient (Wildman–Crippen LogP) is 4.24. The molecular formula is C18H12ClN5OS. The summed E-state index contributed by atoms with van der Waals surface area (Å²) >= 11 is 7.45. The van der Waals surface area contributed by atoms with Gasteiger partial charge in [0.15, 0.2) is 10.9 Å². The lowest BCUT2D eigenvalue weighted by molar-refractivity contribution is 0.102. The number of nitrogens with zero attached hydrogens (tertiary/aromatic N) is 3. The second-order valence-corrected chi connectivity index (χ2v) is 6.99. The molecule has 0 bridgehead atoms. The first-order valence-corrected chi connectivity index (χ1v) is 8.84. The number of thiazole rings is 1. The van der Waals surface area contributed by atoms with Crippen LogP contribution in [0.5, 0.6) is 0 Å². The number of hydrogen-bond donors (Lipinski definition) is 2. The van der Waals surface area contributed by atoms with Crippen LogP contribution in [0.3, 0.4) is 0 Å². The van der Waals surface area contributed by atoms with E-state index >= 15 is 0 Å². The molecule has 0 aliphatic heterocycles. The zero-order valence-corrected chi connectivity index (χ0v) is 14.9. The van der Waals surface area contributed by atoms with Gasteiger partial charge in [-0.3, -0.25) is 4.79 Å². The summed E-state index contributed by atoms with van der Waals surface area (Å²) in [4.78, 5) is 17.1. The van der Waals surface area contributed by atoms with Crippen molar-refractivity contribution in [2.24, 2.45) is 0 Å². The van der Waals surface area contributed by atoms with E-state index in [1.165, 1.54) is 11.3 Å². The van der Waals surface area contributed by atoms with Gasteiger partial charge in [-0.25, -0.2) is 4.98 Å². The van der Waals surface area contributed by atoms with Crippen LogP contribution >= 0.6 is 22.9 Å². The molecule has 8 heteroatoms. The number of nitrogen functional groups attached to an aromatic ring is 1. The molecule has 0 saturated heterocycles. The number of carbonyl (C=O) groups is 1. The summed E-state index contributed by atoms with van der Waals surface area (Å²) in [5.74, 6) is 0.0911. The molecule has 0 atom stereocenters.